The molecule has 0 unspecified atom stereocenters. The molecule has 0 N–H and O–H groups in total. The van der Waals surface area contributed by atoms with Crippen LogP contribution < -0.4 is 0 Å². The number of hydrogen-bond acceptors (Lipinski definition) is 3. The summed E-state index contributed by atoms with van der Waals surface area (Å²) >= 11 is 0.878. The van der Waals surface area contributed by atoms with E-state index in [0.717, 1.165) is 22.2 Å². The van der Waals surface area contributed by atoms with Crippen molar-refractivity contribution in [1.29, 1.82) is 0 Å². The number of hydrogen-bond donors (Lipinski definition) is 0. The summed E-state index contributed by atoms with van der Waals surface area (Å²) in [7, 11) is 0. The van der Waals surface area contributed by atoms with Crippen LogP contribution in [-0.4, -0.2) is 16.0 Å². The number of carbonyl (C=O) groups is 2. The summed E-state index contributed by atoms with van der Waals surface area (Å²) in [5, 5.41) is -0.379. The van der Waals surface area contributed by atoms with E-state index < -0.39 is 5.82 Å². The maximum atomic E-state index is 13.7. The number of rotatable bonds is 3. The summed E-state index contributed by atoms with van der Waals surface area (Å²) in [4.78, 5) is 25.8. The first kappa shape index (κ1) is 14.5. The van der Waals surface area contributed by atoms with Crippen LogP contribution >= 0.6 is 11.8 Å². The van der Waals surface area contributed by atoms with Gasteiger partial charge in [0.2, 0.25) is 0 Å². The highest BCUT2D eigenvalue weighted by atomic mass is 32.2. The minimum Gasteiger partial charge on any atom is -0.268 e. The van der Waals surface area contributed by atoms with Crippen LogP contribution in [-0.2, 0) is 11.3 Å². The van der Waals surface area contributed by atoms with Crippen molar-refractivity contribution in [2.75, 3.05) is 0 Å². The van der Waals surface area contributed by atoms with Crippen LogP contribution in [0, 0.1) is 5.82 Å². The van der Waals surface area contributed by atoms with Crippen molar-refractivity contribution in [3.8, 4) is 0 Å². The van der Waals surface area contributed by atoms with Gasteiger partial charge in [-0.05, 0) is 29.5 Å². The molecule has 3 rings (SSSR count). The van der Waals surface area contributed by atoms with Crippen molar-refractivity contribution < 1.29 is 14.0 Å². The predicted octanol–water partition coefficient (Wildman–Crippen LogP) is 4.06. The van der Waals surface area contributed by atoms with Crippen molar-refractivity contribution in [1.82, 2.24) is 4.90 Å². The van der Waals surface area contributed by atoms with Gasteiger partial charge in [0.05, 0.1) is 11.4 Å². The van der Waals surface area contributed by atoms with Crippen LogP contribution in [0.5, 0.6) is 0 Å². The molecule has 3 nitrogen and oxygen atoms in total. The summed E-state index contributed by atoms with van der Waals surface area (Å²) in [6.07, 6.45) is 1.67. The largest absolute Gasteiger partial charge is 0.293 e. The van der Waals surface area contributed by atoms with E-state index in [1.807, 2.05) is 30.3 Å². The molecule has 1 aliphatic rings. The average Bonchev–Trinajstić information content (AvgIpc) is 2.78. The van der Waals surface area contributed by atoms with E-state index in [1.165, 1.54) is 6.07 Å². The molecule has 0 radical (unpaired) electrons. The maximum absolute atomic E-state index is 13.7. The first-order valence-electron chi connectivity index (χ1n) is 6.69. The van der Waals surface area contributed by atoms with E-state index in [9.17, 15) is 14.0 Å². The molecular weight excluding hydrogens is 301 g/mol. The third kappa shape index (κ3) is 2.94. The Morgan fingerprint density at radius 1 is 1.00 bits per heavy atom. The van der Waals surface area contributed by atoms with Gasteiger partial charge in [0, 0.05) is 5.56 Å². The van der Waals surface area contributed by atoms with Crippen LogP contribution in [0.2, 0.25) is 0 Å². The molecule has 5 heteroatoms. The van der Waals surface area contributed by atoms with Gasteiger partial charge >= 0.3 is 0 Å². The lowest BCUT2D eigenvalue weighted by molar-refractivity contribution is -0.123. The molecule has 1 fully saturated rings. The monoisotopic (exact) mass is 313 g/mol. The molecule has 0 bridgehead atoms. The zero-order valence-electron chi connectivity index (χ0n) is 11.5. The SMILES string of the molecule is O=C1S/C(=C\c2ccccc2)C(=O)N1Cc1ccccc1F. The lowest BCUT2D eigenvalue weighted by Gasteiger charge is -2.12. The minimum atomic E-state index is -0.423. The van der Waals surface area contributed by atoms with E-state index in [2.05, 4.69) is 0 Å². The summed E-state index contributed by atoms with van der Waals surface area (Å²) in [6.45, 7) is -0.0521. The molecular formula is C17H12FNO2S. The number of thioether (sulfide) groups is 1. The van der Waals surface area contributed by atoms with Crippen LogP contribution in [0.1, 0.15) is 11.1 Å². The zero-order chi connectivity index (χ0) is 15.5. The third-order valence-corrected chi connectivity index (χ3v) is 4.16. The first-order valence-corrected chi connectivity index (χ1v) is 7.50. The molecule has 1 saturated heterocycles. The lowest BCUT2D eigenvalue weighted by Crippen LogP contribution is -2.27. The molecule has 0 saturated carbocycles. The second-order valence-electron chi connectivity index (χ2n) is 4.77. The zero-order valence-corrected chi connectivity index (χ0v) is 12.3. The first-order chi connectivity index (χ1) is 10.6. The maximum Gasteiger partial charge on any atom is 0.293 e. The fourth-order valence-corrected chi connectivity index (χ4v) is 2.97. The normalized spacial score (nSPS) is 16.6. The van der Waals surface area contributed by atoms with Crippen molar-refractivity contribution in [2.45, 2.75) is 6.54 Å². The second kappa shape index (κ2) is 6.15. The number of imide groups is 1. The Kier molecular flexibility index (Phi) is 4.06. The third-order valence-electron chi connectivity index (χ3n) is 3.26. The molecule has 0 atom stereocenters. The van der Waals surface area contributed by atoms with E-state index in [1.54, 1.807) is 24.3 Å². The summed E-state index contributed by atoms with van der Waals surface area (Å²) in [5.74, 6) is -0.810. The van der Waals surface area contributed by atoms with Gasteiger partial charge in [0.15, 0.2) is 0 Å². The molecule has 22 heavy (non-hydrogen) atoms. The van der Waals surface area contributed by atoms with Crippen LogP contribution in [0.4, 0.5) is 9.18 Å². The van der Waals surface area contributed by atoms with Crippen molar-refractivity contribution in [3.05, 3.63) is 76.4 Å². The van der Waals surface area contributed by atoms with Crippen molar-refractivity contribution >= 4 is 29.0 Å². The molecule has 2 amide bonds. The molecule has 110 valence electrons. The standard InChI is InChI=1S/C17H12FNO2S/c18-14-9-5-4-8-13(14)11-19-16(20)15(22-17(19)21)10-12-6-2-1-3-7-12/h1-10H,11H2/b15-10-. The Balaban J connectivity index is 1.83. The minimum absolute atomic E-state index is 0.0521. The average molecular weight is 313 g/mol. The van der Waals surface area contributed by atoms with Crippen molar-refractivity contribution in [2.24, 2.45) is 0 Å². The van der Waals surface area contributed by atoms with E-state index in [-0.39, 0.29) is 17.7 Å². The van der Waals surface area contributed by atoms with E-state index >= 15 is 0 Å². The molecule has 0 spiro atoms. The van der Waals surface area contributed by atoms with Gasteiger partial charge in [-0.2, -0.15) is 0 Å². The van der Waals surface area contributed by atoms with Crippen LogP contribution in [0.25, 0.3) is 6.08 Å². The smallest absolute Gasteiger partial charge is 0.268 e. The summed E-state index contributed by atoms with van der Waals surface area (Å²) in [6, 6.07) is 15.4. The fraction of sp³-hybridized carbons (Fsp3) is 0.0588. The van der Waals surface area contributed by atoms with Gasteiger partial charge in [0.1, 0.15) is 5.82 Å². The van der Waals surface area contributed by atoms with Gasteiger partial charge in [-0.15, -0.1) is 0 Å². The molecule has 1 aliphatic heterocycles. The Morgan fingerprint density at radius 2 is 1.68 bits per heavy atom. The topological polar surface area (TPSA) is 37.4 Å². The molecule has 0 aliphatic carbocycles. The van der Waals surface area contributed by atoms with Crippen LogP contribution in [0.15, 0.2) is 59.5 Å². The number of nitrogens with zero attached hydrogens (tertiary/aromatic N) is 1. The Bertz CT molecular complexity index is 758. The van der Waals surface area contributed by atoms with Gasteiger partial charge < -0.3 is 0 Å². The molecule has 2 aromatic rings. The predicted molar refractivity (Wildman–Crippen MR) is 84.4 cm³/mol. The van der Waals surface area contributed by atoms with Gasteiger partial charge in [-0.25, -0.2) is 4.39 Å². The van der Waals surface area contributed by atoms with Gasteiger partial charge in [-0.1, -0.05) is 48.5 Å². The van der Waals surface area contributed by atoms with Crippen molar-refractivity contribution in [3.63, 3.8) is 0 Å². The Morgan fingerprint density at radius 3 is 2.41 bits per heavy atom. The highest BCUT2D eigenvalue weighted by molar-refractivity contribution is 8.18. The Labute approximate surface area is 131 Å². The lowest BCUT2D eigenvalue weighted by atomic mass is 10.2. The highest BCUT2D eigenvalue weighted by Gasteiger charge is 2.35. The van der Waals surface area contributed by atoms with E-state index in [0.29, 0.717) is 10.5 Å². The summed E-state index contributed by atoms with van der Waals surface area (Å²) in [5.41, 5.74) is 1.17. The number of carbonyl (C=O) groups excluding carboxylic acids is 2. The number of halogens is 1. The number of benzene rings is 2. The quantitative estimate of drug-likeness (QED) is 0.802. The molecule has 1 heterocycles. The van der Waals surface area contributed by atoms with E-state index in [4.69, 9.17) is 0 Å². The molecule has 0 aromatic heterocycles. The fourth-order valence-electron chi connectivity index (χ4n) is 2.13. The number of amides is 2. The summed E-state index contributed by atoms with van der Waals surface area (Å²) < 4.78 is 13.7. The Hall–Kier alpha value is -2.40. The molecule has 2 aromatic carbocycles. The second-order valence-corrected chi connectivity index (χ2v) is 5.76. The highest BCUT2D eigenvalue weighted by Crippen LogP contribution is 2.33. The van der Waals surface area contributed by atoms with Gasteiger partial charge in [-0.3, -0.25) is 14.5 Å². The van der Waals surface area contributed by atoms with Crippen LogP contribution in [0.3, 0.4) is 0 Å². The van der Waals surface area contributed by atoms with Gasteiger partial charge in [0.25, 0.3) is 11.1 Å².